The van der Waals surface area contributed by atoms with Crippen molar-refractivity contribution in [1.82, 2.24) is 0 Å². The summed E-state index contributed by atoms with van der Waals surface area (Å²) in [6.07, 6.45) is 7.46. The highest BCUT2D eigenvalue weighted by atomic mass is 16.5. The second kappa shape index (κ2) is 13.3. The number of rotatable bonds is 9. The summed E-state index contributed by atoms with van der Waals surface area (Å²) in [5.41, 5.74) is 0. The van der Waals surface area contributed by atoms with Gasteiger partial charge in [-0.3, -0.25) is 19.2 Å². The summed E-state index contributed by atoms with van der Waals surface area (Å²) in [7, 11) is 1.45. The van der Waals surface area contributed by atoms with Gasteiger partial charge in [0, 0.05) is 0 Å². The van der Waals surface area contributed by atoms with E-state index in [1.54, 1.807) is 31.2 Å². The summed E-state index contributed by atoms with van der Waals surface area (Å²) in [5, 5.41) is 0. The van der Waals surface area contributed by atoms with Crippen molar-refractivity contribution >= 4 is 23.9 Å². The van der Waals surface area contributed by atoms with Gasteiger partial charge >= 0.3 is 23.9 Å². The van der Waals surface area contributed by atoms with Crippen molar-refractivity contribution in [2.75, 3.05) is 13.7 Å². The van der Waals surface area contributed by atoms with Crippen LogP contribution < -0.4 is 9.47 Å². The van der Waals surface area contributed by atoms with Crippen LogP contribution in [0.25, 0.3) is 0 Å². The highest BCUT2D eigenvalue weighted by Crippen LogP contribution is 2.41. The molecule has 2 fully saturated rings. The number of esters is 4. The van der Waals surface area contributed by atoms with Crippen LogP contribution in [0, 0.1) is 23.7 Å². The van der Waals surface area contributed by atoms with E-state index in [0.29, 0.717) is 23.3 Å². The molecule has 3 rings (SSSR count). The summed E-state index contributed by atoms with van der Waals surface area (Å²) >= 11 is 0. The number of ether oxygens (including phenoxy) is 4. The lowest BCUT2D eigenvalue weighted by molar-refractivity contribution is -0.147. The van der Waals surface area contributed by atoms with Gasteiger partial charge in [0.25, 0.3) is 0 Å². The van der Waals surface area contributed by atoms with E-state index in [0.717, 1.165) is 51.4 Å². The Hall–Kier alpha value is -2.90. The highest BCUT2D eigenvalue weighted by Gasteiger charge is 2.35. The van der Waals surface area contributed by atoms with Crippen molar-refractivity contribution in [3.63, 3.8) is 0 Å². The average molecular weight is 489 g/mol. The molecule has 192 valence electrons. The molecule has 2 aliphatic rings. The van der Waals surface area contributed by atoms with Gasteiger partial charge in [-0.25, -0.2) is 0 Å². The Bertz CT molecular complexity index is 862. The van der Waals surface area contributed by atoms with E-state index < -0.39 is 11.9 Å². The summed E-state index contributed by atoms with van der Waals surface area (Å²) in [6.45, 7) is 1.98. The molecule has 1 aromatic carbocycles. The maximum Gasteiger partial charge on any atom is 0.314 e. The van der Waals surface area contributed by atoms with E-state index in [2.05, 4.69) is 0 Å². The predicted octanol–water partition coefficient (Wildman–Crippen LogP) is 4.63. The Morgan fingerprint density at radius 1 is 0.686 bits per heavy atom. The predicted molar refractivity (Wildman–Crippen MR) is 126 cm³/mol. The van der Waals surface area contributed by atoms with Crippen LogP contribution in [-0.4, -0.2) is 37.6 Å². The molecule has 0 amide bonds. The first-order chi connectivity index (χ1) is 16.9. The molecule has 8 nitrogen and oxygen atoms in total. The monoisotopic (exact) mass is 488 g/mol. The quantitative estimate of drug-likeness (QED) is 0.366. The molecule has 0 unspecified atom stereocenters. The van der Waals surface area contributed by atoms with Crippen molar-refractivity contribution in [1.29, 1.82) is 0 Å². The lowest BCUT2D eigenvalue weighted by Gasteiger charge is -2.36. The van der Waals surface area contributed by atoms with Gasteiger partial charge in [0.05, 0.1) is 38.4 Å². The van der Waals surface area contributed by atoms with E-state index in [-0.39, 0.29) is 43.2 Å². The van der Waals surface area contributed by atoms with E-state index in [1.165, 1.54) is 7.11 Å². The third-order valence-corrected chi connectivity index (χ3v) is 7.19. The first-order valence-electron chi connectivity index (χ1n) is 12.7. The Kier molecular flexibility index (Phi) is 10.1. The molecule has 0 heterocycles. The van der Waals surface area contributed by atoms with Crippen LogP contribution in [0.2, 0.25) is 0 Å². The summed E-state index contributed by atoms with van der Waals surface area (Å²) in [4.78, 5) is 47.6. The van der Waals surface area contributed by atoms with Crippen LogP contribution in [0.1, 0.15) is 71.1 Å². The Morgan fingerprint density at radius 3 is 1.63 bits per heavy atom. The van der Waals surface area contributed by atoms with Crippen LogP contribution in [0.15, 0.2) is 24.3 Å². The normalized spacial score (nSPS) is 24.2. The lowest BCUT2D eigenvalue weighted by Crippen LogP contribution is -2.31. The smallest absolute Gasteiger partial charge is 0.314 e. The molecule has 2 aliphatic carbocycles. The molecule has 0 aromatic heterocycles. The molecule has 0 aliphatic heterocycles. The number of hydrogen-bond acceptors (Lipinski definition) is 8. The summed E-state index contributed by atoms with van der Waals surface area (Å²) < 4.78 is 20.4. The van der Waals surface area contributed by atoms with E-state index >= 15 is 0 Å². The van der Waals surface area contributed by atoms with Gasteiger partial charge in [-0.15, -0.1) is 0 Å². The molecule has 0 spiro atoms. The fraction of sp³-hybridized carbons (Fsp3) is 0.630. The van der Waals surface area contributed by atoms with Crippen molar-refractivity contribution in [3.8, 4) is 11.5 Å². The molecular weight excluding hydrogens is 452 g/mol. The maximum atomic E-state index is 12.7. The Balaban J connectivity index is 1.38. The minimum atomic E-state index is -0.529. The van der Waals surface area contributed by atoms with Crippen LogP contribution >= 0.6 is 0 Å². The van der Waals surface area contributed by atoms with E-state index in [9.17, 15) is 19.2 Å². The van der Waals surface area contributed by atoms with Crippen molar-refractivity contribution in [2.45, 2.75) is 71.1 Å². The fourth-order valence-electron chi connectivity index (χ4n) is 5.21. The lowest BCUT2D eigenvalue weighted by atomic mass is 9.69. The number of benzene rings is 1. The average Bonchev–Trinajstić information content (AvgIpc) is 2.88. The Labute approximate surface area is 206 Å². The molecule has 0 saturated heterocycles. The minimum absolute atomic E-state index is 0.0284. The fourth-order valence-corrected chi connectivity index (χ4v) is 5.21. The van der Waals surface area contributed by atoms with E-state index in [4.69, 9.17) is 18.9 Å². The number of carbonyl (C=O) groups excluding carboxylic acids is 4. The van der Waals surface area contributed by atoms with Crippen LogP contribution in [0.3, 0.4) is 0 Å². The standard InChI is InChI=1S/C27H36O8/c1-3-33-24(28)16-17-25(29)34-22-12-14-23(15-13-22)35-27(31)21-10-6-19(7-11-21)18-4-8-20(9-5-18)26(30)32-2/h12-15,18-21H,3-11,16-17H2,1-2H3. The molecule has 0 bridgehead atoms. The third kappa shape index (κ3) is 8.08. The van der Waals surface area contributed by atoms with E-state index in [1.807, 2.05) is 0 Å². The van der Waals surface area contributed by atoms with Gasteiger partial charge in [0.15, 0.2) is 0 Å². The zero-order chi connectivity index (χ0) is 25.2. The second-order valence-corrected chi connectivity index (χ2v) is 9.42. The van der Waals surface area contributed by atoms with Gasteiger partial charge in [0.1, 0.15) is 11.5 Å². The summed E-state index contributed by atoms with van der Waals surface area (Å²) in [6, 6.07) is 6.31. The van der Waals surface area contributed by atoms with Crippen molar-refractivity contribution < 1.29 is 38.1 Å². The van der Waals surface area contributed by atoms with Crippen molar-refractivity contribution in [3.05, 3.63) is 24.3 Å². The SMILES string of the molecule is CCOC(=O)CCC(=O)Oc1ccc(OC(=O)C2CCC(C3CCC(C(=O)OC)CC3)CC2)cc1. The number of methoxy groups -OCH3 is 1. The largest absolute Gasteiger partial charge is 0.469 e. The van der Waals surface area contributed by atoms with Crippen LogP contribution in [0.4, 0.5) is 0 Å². The number of hydrogen-bond donors (Lipinski definition) is 0. The third-order valence-electron chi connectivity index (χ3n) is 7.19. The molecule has 8 heteroatoms. The maximum absolute atomic E-state index is 12.7. The molecule has 0 radical (unpaired) electrons. The molecule has 0 atom stereocenters. The molecule has 1 aromatic rings. The highest BCUT2D eigenvalue weighted by molar-refractivity contribution is 5.79. The van der Waals surface area contributed by atoms with Gasteiger partial charge in [0.2, 0.25) is 0 Å². The van der Waals surface area contributed by atoms with Gasteiger partial charge in [-0.2, -0.15) is 0 Å². The zero-order valence-electron chi connectivity index (χ0n) is 20.7. The van der Waals surface area contributed by atoms with Gasteiger partial charge < -0.3 is 18.9 Å². The summed E-state index contributed by atoms with van der Waals surface area (Å²) in [5.74, 6) is 0.610. The molecule has 2 saturated carbocycles. The van der Waals surface area contributed by atoms with Crippen LogP contribution in [0.5, 0.6) is 11.5 Å². The first kappa shape index (κ1) is 26.7. The van der Waals surface area contributed by atoms with Gasteiger partial charge in [-0.1, -0.05) is 0 Å². The second-order valence-electron chi connectivity index (χ2n) is 9.42. The van der Waals surface area contributed by atoms with Crippen LogP contribution in [-0.2, 0) is 28.7 Å². The molecule has 0 N–H and O–H groups in total. The van der Waals surface area contributed by atoms with Crippen molar-refractivity contribution in [2.24, 2.45) is 23.7 Å². The minimum Gasteiger partial charge on any atom is -0.469 e. The first-order valence-corrected chi connectivity index (χ1v) is 12.7. The zero-order valence-corrected chi connectivity index (χ0v) is 20.7. The molecular formula is C27H36O8. The molecule has 35 heavy (non-hydrogen) atoms. The number of carbonyl (C=O) groups is 4. The van der Waals surface area contributed by atoms with Gasteiger partial charge in [-0.05, 0) is 94.4 Å². The Morgan fingerprint density at radius 2 is 1.14 bits per heavy atom. The topological polar surface area (TPSA) is 105 Å².